The summed E-state index contributed by atoms with van der Waals surface area (Å²) in [7, 11) is 0. The molecule has 0 amide bonds. The van der Waals surface area contributed by atoms with Gasteiger partial charge in [-0.2, -0.15) is 0 Å². The summed E-state index contributed by atoms with van der Waals surface area (Å²) >= 11 is 0. The van der Waals surface area contributed by atoms with E-state index in [4.69, 9.17) is 0 Å². The summed E-state index contributed by atoms with van der Waals surface area (Å²) in [6.07, 6.45) is 5.01. The molecule has 2 rings (SSSR count). The van der Waals surface area contributed by atoms with E-state index in [1.54, 1.807) is 0 Å². The van der Waals surface area contributed by atoms with E-state index in [-0.39, 0.29) is 0 Å². The molecule has 0 saturated carbocycles. The van der Waals surface area contributed by atoms with E-state index in [1.807, 2.05) is 19.3 Å². The van der Waals surface area contributed by atoms with E-state index in [2.05, 4.69) is 46.1 Å². The summed E-state index contributed by atoms with van der Waals surface area (Å²) in [4.78, 5) is 4.27. The van der Waals surface area contributed by atoms with Gasteiger partial charge >= 0.3 is 0 Å². The fourth-order valence-electron chi connectivity index (χ4n) is 1.93. The molecule has 1 aromatic carbocycles. The lowest BCUT2D eigenvalue weighted by Crippen LogP contribution is -2.15. The smallest absolute Gasteiger partial charge is 0.110 e. The van der Waals surface area contributed by atoms with Crippen molar-refractivity contribution in [1.29, 1.82) is 0 Å². The molecule has 0 atom stereocenters. The van der Waals surface area contributed by atoms with E-state index in [1.165, 1.54) is 11.3 Å². The van der Waals surface area contributed by atoms with Gasteiger partial charge in [0.25, 0.3) is 0 Å². The average molecular weight is 229 g/mol. The molecule has 0 saturated heterocycles. The van der Waals surface area contributed by atoms with Gasteiger partial charge in [-0.25, -0.2) is 4.98 Å². The Morgan fingerprint density at radius 3 is 2.82 bits per heavy atom. The van der Waals surface area contributed by atoms with Gasteiger partial charge in [-0.15, -0.1) is 0 Å². The maximum atomic E-state index is 4.27. The van der Waals surface area contributed by atoms with E-state index in [9.17, 15) is 0 Å². The predicted octanol–water partition coefficient (Wildman–Crippen LogP) is 2.68. The molecule has 2 aromatic rings. The highest BCUT2D eigenvalue weighted by Gasteiger charge is 2.05. The van der Waals surface area contributed by atoms with E-state index < -0.39 is 0 Å². The second-order valence-electron chi connectivity index (χ2n) is 4.15. The predicted molar refractivity (Wildman–Crippen MR) is 70.3 cm³/mol. The number of nitrogens with zero attached hydrogens (tertiary/aromatic N) is 2. The molecule has 0 fully saturated rings. The summed E-state index contributed by atoms with van der Waals surface area (Å²) in [5, 5.41) is 3.44. The van der Waals surface area contributed by atoms with Gasteiger partial charge in [-0.05, 0) is 31.5 Å². The van der Waals surface area contributed by atoms with Crippen LogP contribution in [0.25, 0.3) is 5.69 Å². The molecule has 0 aliphatic rings. The van der Waals surface area contributed by atoms with E-state index in [0.29, 0.717) is 0 Å². The van der Waals surface area contributed by atoms with Crippen molar-refractivity contribution in [3.63, 3.8) is 0 Å². The van der Waals surface area contributed by atoms with Crippen molar-refractivity contribution in [2.45, 2.75) is 26.8 Å². The molecule has 1 aromatic heterocycles. The normalized spacial score (nSPS) is 10.7. The van der Waals surface area contributed by atoms with Crippen LogP contribution in [0.15, 0.2) is 36.7 Å². The van der Waals surface area contributed by atoms with Crippen LogP contribution in [0.5, 0.6) is 0 Å². The fourth-order valence-corrected chi connectivity index (χ4v) is 1.93. The largest absolute Gasteiger partial charge is 0.313 e. The first-order chi connectivity index (χ1) is 8.33. The van der Waals surface area contributed by atoms with E-state index >= 15 is 0 Å². The summed E-state index contributed by atoms with van der Waals surface area (Å²) in [6, 6.07) is 8.45. The Labute approximate surface area is 103 Å². The highest BCUT2D eigenvalue weighted by atomic mass is 15.1. The van der Waals surface area contributed by atoms with Crippen LogP contribution in [0, 0.1) is 6.92 Å². The minimum Gasteiger partial charge on any atom is -0.313 e. The van der Waals surface area contributed by atoms with Gasteiger partial charge < -0.3 is 9.88 Å². The number of benzene rings is 1. The molecule has 0 spiro atoms. The zero-order chi connectivity index (χ0) is 12.1. The van der Waals surface area contributed by atoms with Gasteiger partial charge in [0.2, 0.25) is 0 Å². The second kappa shape index (κ2) is 5.64. The van der Waals surface area contributed by atoms with Crippen LogP contribution in [0.1, 0.15) is 24.7 Å². The van der Waals surface area contributed by atoms with Crippen molar-refractivity contribution in [2.24, 2.45) is 0 Å². The Morgan fingerprint density at radius 2 is 2.12 bits per heavy atom. The molecule has 0 aliphatic heterocycles. The summed E-state index contributed by atoms with van der Waals surface area (Å²) in [5.74, 6) is 1.02. The minimum atomic E-state index is 0.904. The van der Waals surface area contributed by atoms with Gasteiger partial charge in [0.05, 0.1) is 5.69 Å². The lowest BCUT2D eigenvalue weighted by molar-refractivity contribution is 0.672. The Bertz CT molecular complexity index is 474. The lowest BCUT2D eigenvalue weighted by atomic mass is 10.1. The maximum absolute atomic E-state index is 4.27. The maximum Gasteiger partial charge on any atom is 0.110 e. The fraction of sp³-hybridized carbons (Fsp3) is 0.357. The Kier molecular flexibility index (Phi) is 3.94. The van der Waals surface area contributed by atoms with Gasteiger partial charge in [0, 0.05) is 18.9 Å². The van der Waals surface area contributed by atoms with Crippen molar-refractivity contribution >= 4 is 0 Å². The topological polar surface area (TPSA) is 29.9 Å². The van der Waals surface area contributed by atoms with Gasteiger partial charge in [0.1, 0.15) is 5.82 Å². The number of hydrogen-bond donors (Lipinski definition) is 1. The lowest BCUT2D eigenvalue weighted by Gasteiger charge is -2.12. The molecule has 0 aliphatic carbocycles. The molecular weight excluding hydrogens is 210 g/mol. The number of rotatable bonds is 5. The van der Waals surface area contributed by atoms with Crippen molar-refractivity contribution < 1.29 is 0 Å². The highest BCUT2D eigenvalue weighted by Crippen LogP contribution is 2.15. The molecule has 3 nitrogen and oxygen atoms in total. The van der Waals surface area contributed by atoms with Gasteiger partial charge in [-0.1, -0.05) is 25.1 Å². The third-order valence-electron chi connectivity index (χ3n) is 2.82. The molecule has 3 heteroatoms. The zero-order valence-electron chi connectivity index (χ0n) is 10.5. The molecular formula is C14H19N3. The number of para-hydroxylation sites is 1. The number of nitrogens with one attached hydrogen (secondary N) is 1. The number of aryl methyl sites for hydroxylation is 1. The monoisotopic (exact) mass is 229 g/mol. The molecule has 0 radical (unpaired) electrons. The van der Waals surface area contributed by atoms with Crippen LogP contribution in [0.3, 0.4) is 0 Å². The van der Waals surface area contributed by atoms with Crippen molar-refractivity contribution in [2.75, 3.05) is 6.54 Å². The number of imidazole rings is 1. The van der Waals surface area contributed by atoms with Crippen LogP contribution in [-0.2, 0) is 6.54 Å². The summed E-state index contributed by atoms with van der Waals surface area (Å²) < 4.78 is 2.13. The number of aromatic nitrogens is 2. The third kappa shape index (κ3) is 2.74. The van der Waals surface area contributed by atoms with Crippen LogP contribution in [0.2, 0.25) is 0 Å². The average Bonchev–Trinajstić information content (AvgIpc) is 2.76. The minimum absolute atomic E-state index is 0.904. The Balaban J connectivity index is 2.25. The molecule has 90 valence electrons. The van der Waals surface area contributed by atoms with E-state index in [0.717, 1.165) is 25.3 Å². The first-order valence-electron chi connectivity index (χ1n) is 6.12. The summed E-state index contributed by atoms with van der Waals surface area (Å²) in [5.41, 5.74) is 2.52. The van der Waals surface area contributed by atoms with Crippen LogP contribution >= 0.6 is 0 Å². The SMILES string of the molecule is CCCNCc1ccccc1-n1ccnc1C. The summed E-state index contributed by atoms with van der Waals surface area (Å²) in [6.45, 7) is 6.16. The van der Waals surface area contributed by atoms with Crippen molar-refractivity contribution in [3.05, 3.63) is 48.0 Å². The first-order valence-corrected chi connectivity index (χ1v) is 6.12. The first kappa shape index (κ1) is 11.9. The van der Waals surface area contributed by atoms with Crippen LogP contribution in [-0.4, -0.2) is 16.1 Å². The molecule has 17 heavy (non-hydrogen) atoms. The van der Waals surface area contributed by atoms with Gasteiger partial charge in [-0.3, -0.25) is 0 Å². The number of hydrogen-bond acceptors (Lipinski definition) is 2. The standard InChI is InChI=1S/C14H19N3/c1-3-8-15-11-13-6-4-5-7-14(13)17-10-9-16-12(17)2/h4-7,9-10,15H,3,8,11H2,1-2H3. The Morgan fingerprint density at radius 1 is 1.29 bits per heavy atom. The molecule has 1 N–H and O–H groups in total. The highest BCUT2D eigenvalue weighted by molar-refractivity contribution is 5.41. The third-order valence-corrected chi connectivity index (χ3v) is 2.82. The van der Waals surface area contributed by atoms with Crippen LogP contribution in [0.4, 0.5) is 0 Å². The molecule has 1 heterocycles. The Hall–Kier alpha value is -1.61. The zero-order valence-corrected chi connectivity index (χ0v) is 10.5. The molecule has 0 unspecified atom stereocenters. The van der Waals surface area contributed by atoms with Crippen molar-refractivity contribution in [3.8, 4) is 5.69 Å². The second-order valence-corrected chi connectivity index (χ2v) is 4.15. The quantitative estimate of drug-likeness (QED) is 0.799. The molecule has 0 bridgehead atoms. The van der Waals surface area contributed by atoms with Crippen LogP contribution < -0.4 is 5.32 Å². The van der Waals surface area contributed by atoms with Gasteiger partial charge in [0.15, 0.2) is 0 Å². The van der Waals surface area contributed by atoms with Crippen molar-refractivity contribution in [1.82, 2.24) is 14.9 Å².